The summed E-state index contributed by atoms with van der Waals surface area (Å²) in [5, 5.41) is 3.23. The van der Waals surface area contributed by atoms with Gasteiger partial charge < -0.3 is 14.5 Å². The minimum Gasteiger partial charge on any atom is -0.374 e. The van der Waals surface area contributed by atoms with E-state index in [0.717, 1.165) is 62.8 Å². The normalized spacial score (nSPS) is 27.9. The summed E-state index contributed by atoms with van der Waals surface area (Å²) in [7, 11) is 0. The van der Waals surface area contributed by atoms with Gasteiger partial charge in [0.05, 0.1) is 31.0 Å². The highest BCUT2D eigenvalue weighted by Gasteiger charge is 2.37. The number of aryl methyl sites for hydroxylation is 1. The molecule has 6 nitrogen and oxygen atoms in total. The Morgan fingerprint density at radius 2 is 2.08 bits per heavy atom. The Morgan fingerprint density at radius 3 is 2.92 bits per heavy atom. The molecule has 1 saturated carbocycles. The molecule has 3 heterocycles. The van der Waals surface area contributed by atoms with Crippen LogP contribution in [0.2, 0.25) is 0 Å². The number of ether oxygens (including phenoxy) is 1. The fraction of sp³-hybridized carbons (Fsp3) is 0.789. The van der Waals surface area contributed by atoms with Crippen LogP contribution < -0.4 is 4.90 Å². The van der Waals surface area contributed by atoms with Crippen LogP contribution in [0.1, 0.15) is 37.8 Å². The van der Waals surface area contributed by atoms with Crippen LogP contribution in [0.3, 0.4) is 0 Å². The highest BCUT2D eigenvalue weighted by atomic mass is 32.1. The van der Waals surface area contributed by atoms with Gasteiger partial charge in [0.15, 0.2) is 5.13 Å². The minimum absolute atomic E-state index is 0.272. The summed E-state index contributed by atoms with van der Waals surface area (Å²) in [6.45, 7) is 7.96. The van der Waals surface area contributed by atoms with Crippen molar-refractivity contribution < 1.29 is 9.53 Å². The molecule has 3 fully saturated rings. The largest absolute Gasteiger partial charge is 0.374 e. The Hall–Kier alpha value is -1.18. The summed E-state index contributed by atoms with van der Waals surface area (Å²) in [4.78, 5) is 24.4. The monoisotopic (exact) mass is 378 g/mol. The van der Waals surface area contributed by atoms with E-state index in [2.05, 4.69) is 25.1 Å². The molecule has 1 aromatic heterocycles. The number of thiazole rings is 1. The number of carbonyl (C=O) groups is 1. The zero-order valence-corrected chi connectivity index (χ0v) is 16.5. The standard InChI is InChI=1S/C19H30N4O2S/c1-15-14-26-19(20-15)22-8-4-7-21(9-10-22)13-18(24)23-11-12-25-17-6-3-2-5-16(17)23/h14,16-17H,2-13H2,1H3/t16-,17-/m1/s1. The first kappa shape index (κ1) is 18.2. The first-order valence-electron chi connectivity index (χ1n) is 10.0. The van der Waals surface area contributed by atoms with Crippen molar-refractivity contribution in [2.24, 2.45) is 0 Å². The van der Waals surface area contributed by atoms with Crippen molar-refractivity contribution in [3.63, 3.8) is 0 Å². The summed E-state index contributed by atoms with van der Waals surface area (Å²) in [6.07, 6.45) is 6.03. The van der Waals surface area contributed by atoms with Crippen LogP contribution in [0, 0.1) is 6.92 Å². The smallest absolute Gasteiger partial charge is 0.237 e. The van der Waals surface area contributed by atoms with Crippen LogP contribution in [-0.4, -0.2) is 78.7 Å². The summed E-state index contributed by atoms with van der Waals surface area (Å²) in [6, 6.07) is 0.312. The molecule has 4 rings (SSSR count). The third kappa shape index (κ3) is 4.05. The lowest BCUT2D eigenvalue weighted by Gasteiger charge is -2.44. The van der Waals surface area contributed by atoms with E-state index in [0.29, 0.717) is 25.1 Å². The SMILES string of the molecule is Cc1csc(N2CCCN(CC(=O)N3CCO[C@@H]4CCCC[C@H]43)CC2)n1. The van der Waals surface area contributed by atoms with Crippen molar-refractivity contribution in [2.75, 3.05) is 50.8 Å². The highest BCUT2D eigenvalue weighted by Crippen LogP contribution is 2.28. The molecule has 3 aliphatic rings. The van der Waals surface area contributed by atoms with Crippen LogP contribution >= 0.6 is 11.3 Å². The molecule has 2 saturated heterocycles. The highest BCUT2D eigenvalue weighted by molar-refractivity contribution is 7.13. The summed E-state index contributed by atoms with van der Waals surface area (Å²) in [5.41, 5.74) is 1.09. The molecule has 1 aliphatic carbocycles. The topological polar surface area (TPSA) is 48.9 Å². The van der Waals surface area contributed by atoms with E-state index in [9.17, 15) is 4.79 Å². The second kappa shape index (κ2) is 8.23. The quantitative estimate of drug-likeness (QED) is 0.806. The van der Waals surface area contributed by atoms with E-state index in [1.54, 1.807) is 11.3 Å². The molecule has 0 radical (unpaired) electrons. The number of aromatic nitrogens is 1. The molecular formula is C19H30N4O2S. The number of nitrogens with zero attached hydrogens (tertiary/aromatic N) is 4. The molecule has 26 heavy (non-hydrogen) atoms. The number of carbonyl (C=O) groups excluding carboxylic acids is 1. The van der Waals surface area contributed by atoms with Gasteiger partial charge in [0, 0.05) is 38.1 Å². The van der Waals surface area contributed by atoms with Crippen molar-refractivity contribution in [3.8, 4) is 0 Å². The number of hydrogen-bond acceptors (Lipinski definition) is 6. The lowest BCUT2D eigenvalue weighted by molar-refractivity contribution is -0.150. The summed E-state index contributed by atoms with van der Waals surface area (Å²) < 4.78 is 5.92. The van der Waals surface area contributed by atoms with E-state index in [1.165, 1.54) is 12.8 Å². The van der Waals surface area contributed by atoms with Crippen LogP contribution in [0.15, 0.2) is 5.38 Å². The molecule has 1 aromatic rings. The Bertz CT molecular complexity index is 620. The molecular weight excluding hydrogens is 348 g/mol. The predicted molar refractivity (Wildman–Crippen MR) is 104 cm³/mol. The lowest BCUT2D eigenvalue weighted by atomic mass is 9.90. The molecule has 2 atom stereocenters. The Morgan fingerprint density at radius 1 is 1.19 bits per heavy atom. The molecule has 7 heteroatoms. The Labute approximate surface area is 160 Å². The average Bonchev–Trinajstić information content (AvgIpc) is 2.96. The molecule has 0 aromatic carbocycles. The van der Waals surface area contributed by atoms with Gasteiger partial charge in [-0.2, -0.15) is 0 Å². The molecule has 0 bridgehead atoms. The maximum Gasteiger partial charge on any atom is 0.237 e. The Balaban J connectivity index is 1.33. The number of amides is 1. The third-order valence-corrected chi connectivity index (χ3v) is 6.90. The number of fused-ring (bicyclic) bond motifs is 1. The van der Waals surface area contributed by atoms with Crippen molar-refractivity contribution in [1.29, 1.82) is 0 Å². The maximum atomic E-state index is 13.0. The van der Waals surface area contributed by atoms with Crippen LogP contribution in [0.25, 0.3) is 0 Å². The van der Waals surface area contributed by atoms with Crippen LogP contribution in [0.4, 0.5) is 5.13 Å². The molecule has 0 N–H and O–H groups in total. The van der Waals surface area contributed by atoms with Crippen molar-refractivity contribution in [1.82, 2.24) is 14.8 Å². The van der Waals surface area contributed by atoms with Crippen molar-refractivity contribution in [3.05, 3.63) is 11.1 Å². The molecule has 0 unspecified atom stereocenters. The number of hydrogen-bond donors (Lipinski definition) is 0. The van der Waals surface area contributed by atoms with Gasteiger partial charge in [-0.25, -0.2) is 4.98 Å². The Kier molecular flexibility index (Phi) is 5.76. The lowest BCUT2D eigenvalue weighted by Crippen LogP contribution is -2.56. The van der Waals surface area contributed by atoms with Crippen molar-refractivity contribution in [2.45, 2.75) is 51.2 Å². The van der Waals surface area contributed by atoms with Gasteiger partial charge in [-0.1, -0.05) is 12.8 Å². The fourth-order valence-electron chi connectivity index (χ4n) is 4.50. The third-order valence-electron chi connectivity index (χ3n) is 5.88. The minimum atomic E-state index is 0.272. The zero-order valence-electron chi connectivity index (χ0n) is 15.7. The molecule has 0 spiro atoms. The van der Waals surface area contributed by atoms with Crippen LogP contribution in [-0.2, 0) is 9.53 Å². The van der Waals surface area contributed by atoms with Crippen LogP contribution in [0.5, 0.6) is 0 Å². The van der Waals surface area contributed by atoms with E-state index >= 15 is 0 Å². The second-order valence-corrected chi connectivity index (χ2v) is 8.57. The van der Waals surface area contributed by atoms with Gasteiger partial charge in [0.25, 0.3) is 0 Å². The van der Waals surface area contributed by atoms with E-state index in [-0.39, 0.29) is 6.10 Å². The first-order chi connectivity index (χ1) is 12.7. The molecule has 2 aliphatic heterocycles. The number of anilines is 1. The maximum absolute atomic E-state index is 13.0. The predicted octanol–water partition coefficient (Wildman–Crippen LogP) is 2.13. The van der Waals surface area contributed by atoms with E-state index in [1.807, 2.05) is 6.92 Å². The van der Waals surface area contributed by atoms with E-state index in [4.69, 9.17) is 4.74 Å². The molecule has 144 valence electrons. The second-order valence-electron chi connectivity index (χ2n) is 7.74. The van der Waals surface area contributed by atoms with Crippen molar-refractivity contribution >= 4 is 22.4 Å². The number of rotatable bonds is 3. The first-order valence-corrected chi connectivity index (χ1v) is 10.9. The average molecular weight is 379 g/mol. The number of morpholine rings is 1. The van der Waals surface area contributed by atoms with Gasteiger partial charge in [-0.3, -0.25) is 9.69 Å². The van der Waals surface area contributed by atoms with Gasteiger partial charge in [-0.15, -0.1) is 11.3 Å². The fourth-order valence-corrected chi connectivity index (χ4v) is 5.35. The van der Waals surface area contributed by atoms with Gasteiger partial charge >= 0.3 is 0 Å². The van der Waals surface area contributed by atoms with Gasteiger partial charge in [0.1, 0.15) is 0 Å². The summed E-state index contributed by atoms with van der Waals surface area (Å²) >= 11 is 1.72. The van der Waals surface area contributed by atoms with Gasteiger partial charge in [0.2, 0.25) is 5.91 Å². The zero-order chi connectivity index (χ0) is 17.9. The van der Waals surface area contributed by atoms with E-state index < -0.39 is 0 Å². The van der Waals surface area contributed by atoms with Gasteiger partial charge in [-0.05, 0) is 26.2 Å². The summed E-state index contributed by atoms with van der Waals surface area (Å²) in [5.74, 6) is 0.295. The molecule has 1 amide bonds.